The molecule has 2 saturated heterocycles. The predicted octanol–water partition coefficient (Wildman–Crippen LogP) is 1.90. The molecule has 0 bridgehead atoms. The molecule has 3 fully saturated rings. The average molecular weight is 387 g/mol. The predicted molar refractivity (Wildman–Crippen MR) is 112 cm³/mol. The molecule has 28 heavy (non-hydrogen) atoms. The summed E-state index contributed by atoms with van der Waals surface area (Å²) < 4.78 is 5.78. The molecule has 0 radical (unpaired) electrons. The lowest BCUT2D eigenvalue weighted by Gasteiger charge is -2.43. The fourth-order valence-corrected chi connectivity index (χ4v) is 4.52. The number of rotatable bonds is 6. The van der Waals surface area contributed by atoms with Gasteiger partial charge in [-0.05, 0) is 31.9 Å². The largest absolute Gasteiger partial charge is 0.492 e. The summed E-state index contributed by atoms with van der Waals surface area (Å²) in [6.45, 7) is 10.9. The Hall–Kier alpha value is -1.79. The molecule has 0 N–H and O–H groups in total. The summed E-state index contributed by atoms with van der Waals surface area (Å²) in [6.07, 6.45) is 4.08. The van der Waals surface area contributed by atoms with Gasteiger partial charge < -0.3 is 14.5 Å². The fraction of sp³-hybridized carbons (Fsp3) is 0.682. The number of ether oxygens (including phenoxy) is 1. The van der Waals surface area contributed by atoms with E-state index in [4.69, 9.17) is 4.74 Å². The van der Waals surface area contributed by atoms with Gasteiger partial charge in [0, 0.05) is 58.4 Å². The van der Waals surface area contributed by atoms with Gasteiger partial charge >= 0.3 is 0 Å². The highest BCUT2D eigenvalue weighted by Gasteiger charge is 2.30. The van der Waals surface area contributed by atoms with Crippen molar-refractivity contribution in [1.82, 2.24) is 14.7 Å². The highest BCUT2D eigenvalue weighted by Crippen LogP contribution is 2.29. The normalized spacial score (nSPS) is 22.2. The van der Waals surface area contributed by atoms with Crippen molar-refractivity contribution < 1.29 is 9.53 Å². The maximum absolute atomic E-state index is 12.7. The molecular weight excluding hydrogens is 352 g/mol. The van der Waals surface area contributed by atoms with Crippen LogP contribution in [0.15, 0.2) is 24.3 Å². The molecule has 0 atom stereocenters. The first-order chi connectivity index (χ1) is 13.7. The summed E-state index contributed by atoms with van der Waals surface area (Å²) in [5.41, 5.74) is 1.17. The number of benzene rings is 1. The Morgan fingerprint density at radius 2 is 1.71 bits per heavy atom. The van der Waals surface area contributed by atoms with E-state index in [2.05, 4.69) is 31.7 Å². The molecule has 6 heteroatoms. The van der Waals surface area contributed by atoms with E-state index < -0.39 is 0 Å². The number of hydrogen-bond acceptors (Lipinski definition) is 5. The summed E-state index contributed by atoms with van der Waals surface area (Å²) in [7, 11) is 0. The van der Waals surface area contributed by atoms with Crippen molar-refractivity contribution in [2.24, 2.45) is 0 Å². The SMILES string of the molecule is CCOc1ccccc1N1CCN(CC(=O)N2CCN(C3CCC3)CC2)CC1. The van der Waals surface area contributed by atoms with Gasteiger partial charge in [-0.2, -0.15) is 0 Å². The van der Waals surface area contributed by atoms with Crippen LogP contribution in [0.25, 0.3) is 0 Å². The van der Waals surface area contributed by atoms with Gasteiger partial charge in [-0.25, -0.2) is 0 Å². The molecule has 1 amide bonds. The Kier molecular flexibility index (Phi) is 6.37. The minimum Gasteiger partial charge on any atom is -0.492 e. The minimum absolute atomic E-state index is 0.302. The first kappa shape index (κ1) is 19.5. The molecule has 2 aliphatic heterocycles. The Bertz CT molecular complexity index is 648. The number of para-hydroxylation sites is 2. The van der Waals surface area contributed by atoms with Crippen molar-refractivity contribution in [2.45, 2.75) is 32.2 Å². The van der Waals surface area contributed by atoms with Crippen LogP contribution in [0.5, 0.6) is 5.75 Å². The zero-order valence-electron chi connectivity index (χ0n) is 17.2. The molecule has 0 aromatic heterocycles. The van der Waals surface area contributed by atoms with E-state index >= 15 is 0 Å². The van der Waals surface area contributed by atoms with Crippen molar-refractivity contribution in [3.63, 3.8) is 0 Å². The number of anilines is 1. The number of nitrogens with zero attached hydrogens (tertiary/aromatic N) is 4. The standard InChI is InChI=1S/C22H34N4O2/c1-2-28-21-9-4-3-8-20(21)25-12-10-23(11-13-25)18-22(27)26-16-14-24(15-17-26)19-6-5-7-19/h3-4,8-9,19H,2,5-7,10-18H2,1H3. The number of carbonyl (C=O) groups is 1. The monoisotopic (exact) mass is 386 g/mol. The minimum atomic E-state index is 0.302. The van der Waals surface area contributed by atoms with Gasteiger partial charge in [0.15, 0.2) is 0 Å². The van der Waals surface area contributed by atoms with E-state index in [0.717, 1.165) is 64.1 Å². The van der Waals surface area contributed by atoms with E-state index in [1.165, 1.54) is 24.9 Å². The van der Waals surface area contributed by atoms with Crippen molar-refractivity contribution in [2.75, 3.05) is 70.4 Å². The van der Waals surface area contributed by atoms with Gasteiger partial charge in [0.25, 0.3) is 0 Å². The lowest BCUT2D eigenvalue weighted by atomic mass is 9.91. The zero-order chi connectivity index (χ0) is 19.3. The summed E-state index contributed by atoms with van der Waals surface area (Å²) >= 11 is 0. The van der Waals surface area contributed by atoms with E-state index in [9.17, 15) is 4.79 Å². The molecule has 6 nitrogen and oxygen atoms in total. The maximum atomic E-state index is 12.7. The molecule has 3 aliphatic rings. The molecule has 0 unspecified atom stereocenters. The topological polar surface area (TPSA) is 39.3 Å². The van der Waals surface area contributed by atoms with Gasteiger partial charge in [-0.1, -0.05) is 18.6 Å². The summed E-state index contributed by atoms with van der Waals surface area (Å²) in [5, 5.41) is 0. The molecule has 4 rings (SSSR count). The Morgan fingerprint density at radius 1 is 1.00 bits per heavy atom. The Morgan fingerprint density at radius 3 is 2.36 bits per heavy atom. The number of hydrogen-bond donors (Lipinski definition) is 0. The highest BCUT2D eigenvalue weighted by atomic mass is 16.5. The van der Waals surface area contributed by atoms with Crippen molar-refractivity contribution in [1.29, 1.82) is 0 Å². The number of carbonyl (C=O) groups excluding carboxylic acids is 1. The van der Waals surface area contributed by atoms with Crippen LogP contribution in [0.1, 0.15) is 26.2 Å². The molecule has 1 saturated carbocycles. The van der Waals surface area contributed by atoms with Crippen LogP contribution >= 0.6 is 0 Å². The van der Waals surface area contributed by atoms with E-state index in [0.29, 0.717) is 19.1 Å². The maximum Gasteiger partial charge on any atom is 0.236 e. The van der Waals surface area contributed by atoms with Crippen LogP contribution in [0.3, 0.4) is 0 Å². The van der Waals surface area contributed by atoms with E-state index in [-0.39, 0.29) is 0 Å². The molecule has 154 valence electrons. The van der Waals surface area contributed by atoms with Crippen LogP contribution in [0.2, 0.25) is 0 Å². The summed E-state index contributed by atoms with van der Waals surface area (Å²) in [4.78, 5) is 22.1. The second-order valence-corrected chi connectivity index (χ2v) is 8.17. The molecule has 0 spiro atoms. The quantitative estimate of drug-likeness (QED) is 0.747. The van der Waals surface area contributed by atoms with Crippen LogP contribution in [0.4, 0.5) is 5.69 Å². The molecule has 1 aromatic carbocycles. The second-order valence-electron chi connectivity index (χ2n) is 8.17. The van der Waals surface area contributed by atoms with Gasteiger partial charge in [-0.15, -0.1) is 0 Å². The van der Waals surface area contributed by atoms with Gasteiger partial charge in [0.1, 0.15) is 5.75 Å². The van der Waals surface area contributed by atoms with E-state index in [1.54, 1.807) is 0 Å². The third kappa shape index (κ3) is 4.44. The summed E-state index contributed by atoms with van der Waals surface area (Å²) in [6, 6.07) is 9.06. The molecule has 2 heterocycles. The Balaban J connectivity index is 1.23. The third-order valence-corrected chi connectivity index (χ3v) is 6.50. The smallest absolute Gasteiger partial charge is 0.236 e. The molecule has 1 aromatic rings. The molecular formula is C22H34N4O2. The number of piperazine rings is 2. The zero-order valence-corrected chi connectivity index (χ0v) is 17.2. The van der Waals surface area contributed by atoms with Gasteiger partial charge in [0.2, 0.25) is 5.91 Å². The van der Waals surface area contributed by atoms with Crippen molar-refractivity contribution in [3.05, 3.63) is 24.3 Å². The Labute approximate surface area is 169 Å². The van der Waals surface area contributed by atoms with Crippen molar-refractivity contribution >= 4 is 11.6 Å². The first-order valence-corrected chi connectivity index (χ1v) is 11.0. The fourth-order valence-electron chi connectivity index (χ4n) is 4.52. The van der Waals surface area contributed by atoms with Crippen molar-refractivity contribution in [3.8, 4) is 5.75 Å². The van der Waals surface area contributed by atoms with Crippen LogP contribution in [-0.2, 0) is 4.79 Å². The van der Waals surface area contributed by atoms with E-state index in [1.807, 2.05) is 19.1 Å². The second kappa shape index (κ2) is 9.14. The average Bonchev–Trinajstić information content (AvgIpc) is 2.69. The van der Waals surface area contributed by atoms with Crippen LogP contribution in [0, 0.1) is 0 Å². The van der Waals surface area contributed by atoms with Gasteiger partial charge in [0.05, 0.1) is 18.8 Å². The summed E-state index contributed by atoms with van der Waals surface area (Å²) in [5.74, 6) is 1.26. The van der Waals surface area contributed by atoms with Crippen LogP contribution < -0.4 is 9.64 Å². The van der Waals surface area contributed by atoms with Crippen LogP contribution in [-0.4, -0.2) is 92.2 Å². The third-order valence-electron chi connectivity index (χ3n) is 6.50. The highest BCUT2D eigenvalue weighted by molar-refractivity contribution is 5.78. The lowest BCUT2D eigenvalue weighted by molar-refractivity contribution is -0.134. The molecule has 1 aliphatic carbocycles. The number of amides is 1. The van der Waals surface area contributed by atoms with Gasteiger partial charge in [-0.3, -0.25) is 14.6 Å². The first-order valence-electron chi connectivity index (χ1n) is 11.0. The lowest BCUT2D eigenvalue weighted by Crippen LogP contribution is -2.56.